The smallest absolute Gasteiger partial charge is 0.289 e. The van der Waals surface area contributed by atoms with Crippen molar-refractivity contribution in [3.05, 3.63) is 48.5 Å². The number of carbonyl (C=O) groups excluding carboxylic acids is 1. The lowest BCUT2D eigenvalue weighted by Crippen LogP contribution is -2.44. The number of anilines is 1. The van der Waals surface area contributed by atoms with Gasteiger partial charge in [0.15, 0.2) is 5.11 Å². The number of carbonyl (C=O) groups is 1. The van der Waals surface area contributed by atoms with Gasteiger partial charge in [0.2, 0.25) is 0 Å². The van der Waals surface area contributed by atoms with Gasteiger partial charge in [-0.2, -0.15) is 0 Å². The first kappa shape index (κ1) is 14.7. The van der Waals surface area contributed by atoms with Crippen LogP contribution in [0.15, 0.2) is 42.9 Å². The molecule has 0 atom stereocenters. The Morgan fingerprint density at radius 2 is 1.95 bits per heavy atom. The summed E-state index contributed by atoms with van der Waals surface area (Å²) in [5.41, 5.74) is 5.96. The molecule has 0 saturated carbocycles. The number of ether oxygens (including phenoxy) is 1. The van der Waals surface area contributed by atoms with E-state index in [9.17, 15) is 4.79 Å². The minimum atomic E-state index is -0.429. The van der Waals surface area contributed by atoms with Crippen LogP contribution in [0.3, 0.4) is 0 Å². The average Bonchev–Trinajstić information content (AvgIpc) is 2.54. The number of methoxy groups -OCH3 is 1. The zero-order valence-corrected chi connectivity index (χ0v) is 12.0. The molecule has 3 N–H and O–H groups in total. The van der Waals surface area contributed by atoms with Gasteiger partial charge in [0, 0.05) is 18.1 Å². The number of rotatable bonds is 3. The Morgan fingerprint density at radius 3 is 2.57 bits per heavy atom. The van der Waals surface area contributed by atoms with Crippen molar-refractivity contribution in [2.45, 2.75) is 0 Å². The molecule has 0 aliphatic rings. The molecular formula is C13H13N5O2S. The van der Waals surface area contributed by atoms with Gasteiger partial charge < -0.3 is 10.1 Å². The molecule has 7 nitrogen and oxygen atoms in total. The van der Waals surface area contributed by atoms with Gasteiger partial charge in [-0.05, 0) is 36.5 Å². The number of nitrogens with one attached hydrogen (secondary N) is 3. The highest BCUT2D eigenvalue weighted by Gasteiger charge is 2.06. The lowest BCUT2D eigenvalue weighted by Gasteiger charge is -2.11. The van der Waals surface area contributed by atoms with Crippen LogP contribution >= 0.6 is 12.2 Å². The van der Waals surface area contributed by atoms with E-state index in [4.69, 9.17) is 17.0 Å². The van der Waals surface area contributed by atoms with Gasteiger partial charge in [-0.1, -0.05) is 0 Å². The third-order valence-electron chi connectivity index (χ3n) is 2.43. The van der Waals surface area contributed by atoms with Crippen LogP contribution in [-0.2, 0) is 0 Å². The van der Waals surface area contributed by atoms with Gasteiger partial charge in [0.25, 0.3) is 5.91 Å². The van der Waals surface area contributed by atoms with E-state index in [0.29, 0.717) is 0 Å². The van der Waals surface area contributed by atoms with Crippen molar-refractivity contribution >= 4 is 28.9 Å². The molecule has 0 bridgehead atoms. The third kappa shape index (κ3) is 4.39. The minimum Gasteiger partial charge on any atom is -0.497 e. The van der Waals surface area contributed by atoms with Gasteiger partial charge in [-0.15, -0.1) is 0 Å². The molecule has 108 valence electrons. The van der Waals surface area contributed by atoms with Gasteiger partial charge >= 0.3 is 0 Å². The van der Waals surface area contributed by atoms with Crippen LogP contribution in [0.5, 0.6) is 5.75 Å². The van der Waals surface area contributed by atoms with E-state index in [2.05, 4.69) is 26.1 Å². The lowest BCUT2D eigenvalue weighted by molar-refractivity contribution is 0.0938. The number of hydrogen-bond acceptors (Lipinski definition) is 5. The first-order chi connectivity index (χ1) is 10.2. The molecule has 1 aromatic heterocycles. The van der Waals surface area contributed by atoms with Crippen LogP contribution in [0.1, 0.15) is 10.5 Å². The predicted octanol–water partition coefficient (Wildman–Crippen LogP) is 1.12. The summed E-state index contributed by atoms with van der Waals surface area (Å²) in [6.07, 6.45) is 4.28. The van der Waals surface area contributed by atoms with Gasteiger partial charge in [0.05, 0.1) is 13.3 Å². The van der Waals surface area contributed by atoms with Crippen LogP contribution in [-0.4, -0.2) is 28.1 Å². The molecule has 0 radical (unpaired) electrons. The third-order valence-corrected chi connectivity index (χ3v) is 2.64. The van der Waals surface area contributed by atoms with E-state index in [1.807, 2.05) is 0 Å². The number of thiocarbonyl (C=S) groups is 1. The molecule has 1 amide bonds. The Bertz CT molecular complexity index is 618. The SMILES string of the molecule is COc1ccc(NC(=S)NNC(=O)c2cnccn2)cc1. The van der Waals surface area contributed by atoms with Crippen LogP contribution in [0, 0.1) is 0 Å². The predicted molar refractivity (Wildman–Crippen MR) is 81.8 cm³/mol. The van der Waals surface area contributed by atoms with Crippen molar-refractivity contribution in [1.82, 2.24) is 20.8 Å². The fraction of sp³-hybridized carbons (Fsp3) is 0.0769. The van der Waals surface area contributed by atoms with E-state index < -0.39 is 5.91 Å². The van der Waals surface area contributed by atoms with Crippen molar-refractivity contribution < 1.29 is 9.53 Å². The van der Waals surface area contributed by atoms with E-state index >= 15 is 0 Å². The zero-order valence-electron chi connectivity index (χ0n) is 11.2. The molecule has 0 spiro atoms. The Balaban J connectivity index is 1.83. The molecule has 0 fully saturated rings. The van der Waals surface area contributed by atoms with E-state index in [1.165, 1.54) is 18.6 Å². The fourth-order valence-corrected chi connectivity index (χ4v) is 1.60. The molecule has 1 heterocycles. The normalized spacial score (nSPS) is 9.57. The quantitative estimate of drug-likeness (QED) is 0.578. The van der Waals surface area contributed by atoms with Crippen molar-refractivity contribution in [2.24, 2.45) is 0 Å². The second-order valence-electron chi connectivity index (χ2n) is 3.85. The van der Waals surface area contributed by atoms with Crippen molar-refractivity contribution in [3.63, 3.8) is 0 Å². The van der Waals surface area contributed by atoms with E-state index in [0.717, 1.165) is 11.4 Å². The summed E-state index contributed by atoms with van der Waals surface area (Å²) < 4.78 is 5.06. The van der Waals surface area contributed by atoms with E-state index in [-0.39, 0.29) is 10.8 Å². The molecule has 2 rings (SSSR count). The Hall–Kier alpha value is -2.74. The fourth-order valence-electron chi connectivity index (χ4n) is 1.43. The Labute approximate surface area is 126 Å². The minimum absolute atomic E-state index is 0.192. The maximum atomic E-state index is 11.7. The van der Waals surface area contributed by atoms with Crippen molar-refractivity contribution in [1.29, 1.82) is 0 Å². The average molecular weight is 303 g/mol. The molecule has 0 aliphatic heterocycles. The highest BCUT2D eigenvalue weighted by molar-refractivity contribution is 7.80. The number of hydrogen-bond donors (Lipinski definition) is 3. The largest absolute Gasteiger partial charge is 0.497 e. The molecule has 0 saturated heterocycles. The number of benzene rings is 1. The molecule has 1 aromatic carbocycles. The molecular weight excluding hydrogens is 290 g/mol. The maximum Gasteiger partial charge on any atom is 0.289 e. The van der Waals surface area contributed by atoms with E-state index in [1.54, 1.807) is 31.4 Å². The molecule has 21 heavy (non-hydrogen) atoms. The summed E-state index contributed by atoms with van der Waals surface area (Å²) in [4.78, 5) is 19.4. The number of nitrogens with zero attached hydrogens (tertiary/aromatic N) is 2. The van der Waals surface area contributed by atoms with Gasteiger partial charge in [0.1, 0.15) is 11.4 Å². The second-order valence-corrected chi connectivity index (χ2v) is 4.26. The number of amides is 1. The standard InChI is InChI=1S/C13H13N5O2S/c1-20-10-4-2-9(3-5-10)16-13(21)18-17-12(19)11-8-14-6-7-15-11/h2-8H,1H3,(H,17,19)(H2,16,18,21). The monoisotopic (exact) mass is 303 g/mol. The summed E-state index contributed by atoms with van der Waals surface area (Å²) in [5, 5.41) is 3.16. The summed E-state index contributed by atoms with van der Waals surface area (Å²) in [5.74, 6) is 0.317. The molecule has 0 unspecified atom stereocenters. The van der Waals surface area contributed by atoms with Crippen LogP contribution < -0.4 is 20.9 Å². The Kier molecular flexibility index (Phi) is 4.99. The molecule has 2 aromatic rings. The zero-order chi connectivity index (χ0) is 15.1. The Morgan fingerprint density at radius 1 is 1.19 bits per heavy atom. The van der Waals surface area contributed by atoms with Crippen molar-refractivity contribution in [3.8, 4) is 5.75 Å². The lowest BCUT2D eigenvalue weighted by atomic mass is 10.3. The first-order valence-electron chi connectivity index (χ1n) is 5.96. The number of hydrazine groups is 1. The highest BCUT2D eigenvalue weighted by Crippen LogP contribution is 2.14. The summed E-state index contributed by atoms with van der Waals surface area (Å²) in [7, 11) is 1.59. The second kappa shape index (κ2) is 7.15. The molecule has 8 heteroatoms. The summed E-state index contributed by atoms with van der Waals surface area (Å²) in [6, 6.07) is 7.20. The van der Waals surface area contributed by atoms with Gasteiger partial charge in [-0.3, -0.25) is 20.6 Å². The van der Waals surface area contributed by atoms with Crippen LogP contribution in [0.4, 0.5) is 5.69 Å². The van der Waals surface area contributed by atoms with Crippen molar-refractivity contribution in [2.75, 3.05) is 12.4 Å². The highest BCUT2D eigenvalue weighted by atomic mass is 32.1. The molecule has 0 aliphatic carbocycles. The van der Waals surface area contributed by atoms with Crippen LogP contribution in [0.2, 0.25) is 0 Å². The van der Waals surface area contributed by atoms with Gasteiger partial charge in [-0.25, -0.2) is 4.98 Å². The first-order valence-corrected chi connectivity index (χ1v) is 6.37. The summed E-state index contributed by atoms with van der Waals surface area (Å²) >= 11 is 5.06. The summed E-state index contributed by atoms with van der Waals surface area (Å²) in [6.45, 7) is 0. The number of aromatic nitrogens is 2. The maximum absolute atomic E-state index is 11.7. The van der Waals surface area contributed by atoms with Crippen LogP contribution in [0.25, 0.3) is 0 Å². The topological polar surface area (TPSA) is 88.2 Å².